The third-order valence-corrected chi connectivity index (χ3v) is 3.06. The molecular formula is C16H15NO. The van der Waals surface area contributed by atoms with Gasteiger partial charge in [0.1, 0.15) is 11.8 Å². The van der Waals surface area contributed by atoms with Gasteiger partial charge in [0, 0.05) is 0 Å². The normalized spacial score (nSPS) is 9.83. The van der Waals surface area contributed by atoms with Gasteiger partial charge in [-0.15, -0.1) is 0 Å². The van der Waals surface area contributed by atoms with Crippen LogP contribution in [0.2, 0.25) is 0 Å². The summed E-state index contributed by atoms with van der Waals surface area (Å²) in [7, 11) is 1.60. The smallest absolute Gasteiger partial charge is 0.136 e. The van der Waals surface area contributed by atoms with E-state index in [2.05, 4.69) is 18.2 Å². The Morgan fingerprint density at radius 2 is 1.83 bits per heavy atom. The predicted octanol–water partition coefficient (Wildman–Crippen LogP) is 3.47. The summed E-state index contributed by atoms with van der Waals surface area (Å²) in [6, 6.07) is 16.3. The fourth-order valence-electron chi connectivity index (χ4n) is 2.05. The van der Waals surface area contributed by atoms with E-state index in [0.29, 0.717) is 11.3 Å². The first-order valence-electron chi connectivity index (χ1n) is 5.86. The van der Waals surface area contributed by atoms with Crippen LogP contribution >= 0.6 is 0 Å². The fraction of sp³-hybridized carbons (Fsp3) is 0.188. The van der Waals surface area contributed by atoms with Gasteiger partial charge < -0.3 is 4.74 Å². The Bertz CT molecular complexity index is 582. The molecule has 90 valence electrons. The van der Waals surface area contributed by atoms with E-state index in [0.717, 1.165) is 17.5 Å². The summed E-state index contributed by atoms with van der Waals surface area (Å²) in [5, 5.41) is 9.30. The summed E-state index contributed by atoms with van der Waals surface area (Å²) in [6.07, 6.45) is 0.757. The summed E-state index contributed by atoms with van der Waals surface area (Å²) in [5.41, 5.74) is 4.01. The number of nitriles is 1. The van der Waals surface area contributed by atoms with Gasteiger partial charge in [0.05, 0.1) is 12.7 Å². The largest absolute Gasteiger partial charge is 0.495 e. The maximum atomic E-state index is 9.30. The van der Waals surface area contributed by atoms with Crippen molar-refractivity contribution in [1.82, 2.24) is 0 Å². The SMILES string of the molecule is COc1ccc(C)c(Cc2ccccc2)c1C#N. The third kappa shape index (κ3) is 2.36. The first-order chi connectivity index (χ1) is 8.76. The average Bonchev–Trinajstić information content (AvgIpc) is 2.42. The van der Waals surface area contributed by atoms with Crippen LogP contribution in [0.5, 0.6) is 5.75 Å². The summed E-state index contributed by atoms with van der Waals surface area (Å²) in [6.45, 7) is 2.03. The Labute approximate surface area is 107 Å². The van der Waals surface area contributed by atoms with Crippen LogP contribution in [0.1, 0.15) is 22.3 Å². The molecule has 2 aromatic carbocycles. The highest BCUT2D eigenvalue weighted by molar-refractivity contribution is 5.53. The first-order valence-corrected chi connectivity index (χ1v) is 5.86. The fourth-order valence-corrected chi connectivity index (χ4v) is 2.05. The predicted molar refractivity (Wildman–Crippen MR) is 71.7 cm³/mol. The van der Waals surface area contributed by atoms with Crippen molar-refractivity contribution < 1.29 is 4.74 Å². The molecule has 2 rings (SSSR count). The van der Waals surface area contributed by atoms with E-state index in [1.165, 1.54) is 5.56 Å². The topological polar surface area (TPSA) is 33.0 Å². The van der Waals surface area contributed by atoms with Crippen molar-refractivity contribution in [3.63, 3.8) is 0 Å². The second kappa shape index (κ2) is 5.37. The van der Waals surface area contributed by atoms with Gasteiger partial charge >= 0.3 is 0 Å². The van der Waals surface area contributed by atoms with Crippen molar-refractivity contribution in [3.8, 4) is 11.8 Å². The van der Waals surface area contributed by atoms with Gasteiger partial charge in [-0.3, -0.25) is 0 Å². The zero-order valence-corrected chi connectivity index (χ0v) is 10.6. The molecule has 0 fully saturated rings. The van der Waals surface area contributed by atoms with Crippen LogP contribution in [0.3, 0.4) is 0 Å². The molecule has 0 saturated heterocycles. The average molecular weight is 237 g/mol. The van der Waals surface area contributed by atoms with Crippen molar-refractivity contribution in [2.24, 2.45) is 0 Å². The van der Waals surface area contributed by atoms with Gasteiger partial charge in [-0.1, -0.05) is 36.4 Å². The Kier molecular flexibility index (Phi) is 3.64. The van der Waals surface area contributed by atoms with E-state index in [1.54, 1.807) is 7.11 Å². The molecule has 2 aromatic rings. The maximum Gasteiger partial charge on any atom is 0.136 e. The highest BCUT2D eigenvalue weighted by atomic mass is 16.5. The molecule has 0 atom stereocenters. The molecule has 2 heteroatoms. The van der Waals surface area contributed by atoms with Gasteiger partial charge in [0.2, 0.25) is 0 Å². The summed E-state index contributed by atoms with van der Waals surface area (Å²) in [4.78, 5) is 0. The van der Waals surface area contributed by atoms with E-state index < -0.39 is 0 Å². The molecule has 0 saturated carbocycles. The van der Waals surface area contributed by atoms with Crippen molar-refractivity contribution in [2.45, 2.75) is 13.3 Å². The molecule has 0 radical (unpaired) electrons. The number of methoxy groups -OCH3 is 1. The Hall–Kier alpha value is -2.27. The summed E-state index contributed by atoms with van der Waals surface area (Å²) < 4.78 is 5.25. The number of rotatable bonds is 3. The van der Waals surface area contributed by atoms with Crippen LogP contribution in [0.25, 0.3) is 0 Å². The minimum Gasteiger partial charge on any atom is -0.495 e. The number of nitrogens with zero attached hydrogens (tertiary/aromatic N) is 1. The third-order valence-electron chi connectivity index (χ3n) is 3.06. The number of hydrogen-bond acceptors (Lipinski definition) is 2. The monoisotopic (exact) mass is 237 g/mol. The number of aryl methyl sites for hydroxylation is 1. The lowest BCUT2D eigenvalue weighted by atomic mass is 9.95. The van der Waals surface area contributed by atoms with Crippen molar-refractivity contribution in [2.75, 3.05) is 7.11 Å². The Morgan fingerprint density at radius 1 is 1.11 bits per heavy atom. The molecule has 0 N–H and O–H groups in total. The molecule has 0 unspecified atom stereocenters. The van der Waals surface area contributed by atoms with Crippen molar-refractivity contribution in [3.05, 3.63) is 64.7 Å². The quantitative estimate of drug-likeness (QED) is 0.819. The lowest BCUT2D eigenvalue weighted by Crippen LogP contribution is -1.99. The van der Waals surface area contributed by atoms with Gasteiger partial charge in [0.15, 0.2) is 0 Å². The van der Waals surface area contributed by atoms with Gasteiger partial charge in [-0.05, 0) is 36.1 Å². The Balaban J connectivity index is 2.47. The van der Waals surface area contributed by atoms with Crippen LogP contribution in [0, 0.1) is 18.3 Å². The minimum absolute atomic E-state index is 0.640. The number of ether oxygens (including phenoxy) is 1. The van der Waals surface area contributed by atoms with Gasteiger partial charge in [0.25, 0.3) is 0 Å². The maximum absolute atomic E-state index is 9.30. The zero-order chi connectivity index (χ0) is 13.0. The molecular weight excluding hydrogens is 222 g/mol. The van der Waals surface area contributed by atoms with E-state index in [1.807, 2.05) is 37.3 Å². The zero-order valence-electron chi connectivity index (χ0n) is 10.6. The van der Waals surface area contributed by atoms with E-state index >= 15 is 0 Å². The van der Waals surface area contributed by atoms with Crippen LogP contribution in [0.15, 0.2) is 42.5 Å². The van der Waals surface area contributed by atoms with Crippen molar-refractivity contribution in [1.29, 1.82) is 5.26 Å². The van der Waals surface area contributed by atoms with Crippen molar-refractivity contribution >= 4 is 0 Å². The van der Waals surface area contributed by atoms with E-state index in [4.69, 9.17) is 4.74 Å². The molecule has 0 aliphatic heterocycles. The highest BCUT2D eigenvalue weighted by Gasteiger charge is 2.11. The van der Waals surface area contributed by atoms with Crippen LogP contribution in [0.4, 0.5) is 0 Å². The molecule has 0 aliphatic carbocycles. The minimum atomic E-state index is 0.640. The second-order valence-corrected chi connectivity index (χ2v) is 4.21. The van der Waals surface area contributed by atoms with Gasteiger partial charge in [-0.25, -0.2) is 0 Å². The molecule has 0 amide bonds. The summed E-state index contributed by atoms with van der Waals surface area (Å²) >= 11 is 0. The molecule has 18 heavy (non-hydrogen) atoms. The van der Waals surface area contributed by atoms with E-state index in [9.17, 15) is 5.26 Å². The summed E-state index contributed by atoms with van der Waals surface area (Å²) in [5.74, 6) is 0.647. The molecule has 2 nitrogen and oxygen atoms in total. The van der Waals surface area contributed by atoms with Gasteiger partial charge in [-0.2, -0.15) is 5.26 Å². The Morgan fingerprint density at radius 3 is 2.44 bits per heavy atom. The number of benzene rings is 2. The highest BCUT2D eigenvalue weighted by Crippen LogP contribution is 2.26. The molecule has 0 bridgehead atoms. The van der Waals surface area contributed by atoms with Crippen LogP contribution < -0.4 is 4.74 Å². The first kappa shape index (κ1) is 12.2. The van der Waals surface area contributed by atoms with Crippen LogP contribution in [-0.2, 0) is 6.42 Å². The van der Waals surface area contributed by atoms with E-state index in [-0.39, 0.29) is 0 Å². The lowest BCUT2D eigenvalue weighted by Gasteiger charge is -2.11. The number of hydrogen-bond donors (Lipinski definition) is 0. The molecule has 0 aliphatic rings. The molecule has 0 heterocycles. The lowest BCUT2D eigenvalue weighted by molar-refractivity contribution is 0.413. The second-order valence-electron chi connectivity index (χ2n) is 4.21. The standard InChI is InChI=1S/C16H15NO/c1-12-8-9-16(18-2)15(11-17)14(12)10-13-6-4-3-5-7-13/h3-9H,10H2,1-2H3. The molecule has 0 spiro atoms. The van der Waals surface area contributed by atoms with Crippen LogP contribution in [-0.4, -0.2) is 7.11 Å². The molecule has 0 aromatic heterocycles.